The molecular formula is C33H42ClN3O4S. The quantitative estimate of drug-likeness (QED) is 0.240. The third-order valence-electron chi connectivity index (χ3n) is 7.32. The van der Waals surface area contributed by atoms with Gasteiger partial charge in [0.05, 0.1) is 11.9 Å². The SMILES string of the molecule is CC[C@@H](C)NC(=O)[C@@H](Cc1ccccc1)N(Cc1ccc(Cl)cc1)C(=O)CCCN(c1cc(C)ccc1C)S(C)(=O)=O. The molecule has 42 heavy (non-hydrogen) atoms. The first-order valence-corrected chi connectivity index (χ1v) is 16.5. The lowest BCUT2D eigenvalue weighted by Gasteiger charge is -2.33. The normalized spacial score (nSPS) is 12.8. The number of nitrogens with zero attached hydrogens (tertiary/aromatic N) is 2. The maximum Gasteiger partial charge on any atom is 0.243 e. The van der Waals surface area contributed by atoms with E-state index in [-0.39, 0.29) is 37.4 Å². The van der Waals surface area contributed by atoms with Gasteiger partial charge in [0, 0.05) is 37.0 Å². The number of nitrogens with one attached hydrogen (secondary N) is 1. The van der Waals surface area contributed by atoms with Crippen LogP contribution < -0.4 is 9.62 Å². The molecular weight excluding hydrogens is 570 g/mol. The fourth-order valence-corrected chi connectivity index (χ4v) is 5.89. The van der Waals surface area contributed by atoms with Gasteiger partial charge in [0.15, 0.2) is 0 Å². The number of benzene rings is 3. The summed E-state index contributed by atoms with van der Waals surface area (Å²) in [7, 11) is -3.58. The van der Waals surface area contributed by atoms with Gasteiger partial charge in [-0.2, -0.15) is 0 Å². The molecule has 0 spiro atoms. The molecule has 0 saturated carbocycles. The first-order chi connectivity index (χ1) is 19.9. The molecule has 3 rings (SSSR count). The van der Waals surface area contributed by atoms with Crippen LogP contribution in [-0.4, -0.2) is 50.0 Å². The van der Waals surface area contributed by atoms with Gasteiger partial charge in [-0.1, -0.05) is 73.1 Å². The van der Waals surface area contributed by atoms with Gasteiger partial charge in [-0.05, 0) is 74.1 Å². The molecule has 226 valence electrons. The van der Waals surface area contributed by atoms with Crippen molar-refractivity contribution in [2.75, 3.05) is 17.1 Å². The number of amides is 2. The molecule has 0 unspecified atom stereocenters. The standard InChI is InChI=1S/C33H42ClN3O4S/c1-6-26(4)35-33(39)31(22-27-11-8-7-9-12-27)36(23-28-16-18-29(34)19-17-28)32(38)13-10-20-37(42(5,40)41)30-21-24(2)14-15-25(30)3/h7-9,11-12,14-19,21,26,31H,6,10,13,20,22-23H2,1-5H3,(H,35,39)/t26-,31-/m1/s1. The van der Waals surface area contributed by atoms with Gasteiger partial charge in [-0.25, -0.2) is 8.42 Å². The van der Waals surface area contributed by atoms with Crippen LogP contribution in [0, 0.1) is 13.8 Å². The zero-order valence-corrected chi connectivity index (χ0v) is 26.7. The summed E-state index contributed by atoms with van der Waals surface area (Å²) in [5.74, 6) is -0.441. The Morgan fingerprint density at radius 1 is 0.952 bits per heavy atom. The molecule has 0 bridgehead atoms. The molecule has 3 aromatic carbocycles. The lowest BCUT2D eigenvalue weighted by atomic mass is 10.0. The Balaban J connectivity index is 1.90. The molecule has 2 atom stereocenters. The van der Waals surface area contributed by atoms with E-state index in [1.54, 1.807) is 17.0 Å². The maximum absolute atomic E-state index is 13.9. The van der Waals surface area contributed by atoms with E-state index in [2.05, 4.69) is 5.32 Å². The number of carbonyl (C=O) groups excluding carboxylic acids is 2. The first kappa shape index (κ1) is 33.1. The Kier molecular flexibility index (Phi) is 12.0. The van der Waals surface area contributed by atoms with E-state index in [0.29, 0.717) is 23.6 Å². The molecule has 1 N–H and O–H groups in total. The first-order valence-electron chi connectivity index (χ1n) is 14.3. The Labute approximate surface area is 255 Å². The van der Waals surface area contributed by atoms with Crippen LogP contribution in [0.1, 0.15) is 55.4 Å². The van der Waals surface area contributed by atoms with Gasteiger partial charge < -0.3 is 10.2 Å². The van der Waals surface area contributed by atoms with Gasteiger partial charge in [-0.3, -0.25) is 13.9 Å². The zero-order valence-electron chi connectivity index (χ0n) is 25.1. The van der Waals surface area contributed by atoms with E-state index in [1.807, 2.05) is 88.4 Å². The number of anilines is 1. The summed E-state index contributed by atoms with van der Waals surface area (Å²) in [6.45, 7) is 8.09. The van der Waals surface area contributed by atoms with Crippen LogP contribution >= 0.6 is 11.6 Å². The molecule has 9 heteroatoms. The van der Waals surface area contributed by atoms with Crippen LogP contribution in [0.3, 0.4) is 0 Å². The van der Waals surface area contributed by atoms with Crippen LogP contribution in [0.2, 0.25) is 5.02 Å². The third kappa shape index (κ3) is 9.60. The van der Waals surface area contributed by atoms with Crippen LogP contribution in [0.15, 0.2) is 72.8 Å². The Bertz CT molecular complexity index is 1450. The summed E-state index contributed by atoms with van der Waals surface area (Å²) in [6, 6.07) is 21.7. The highest BCUT2D eigenvalue weighted by atomic mass is 35.5. The van der Waals surface area contributed by atoms with Crippen molar-refractivity contribution in [1.29, 1.82) is 0 Å². The Morgan fingerprint density at radius 2 is 1.62 bits per heavy atom. The fraction of sp³-hybridized carbons (Fsp3) is 0.394. The van der Waals surface area contributed by atoms with Crippen molar-refractivity contribution in [3.63, 3.8) is 0 Å². The van der Waals surface area contributed by atoms with Crippen molar-refractivity contribution in [2.24, 2.45) is 0 Å². The highest BCUT2D eigenvalue weighted by Gasteiger charge is 2.31. The van der Waals surface area contributed by atoms with Crippen molar-refractivity contribution >= 4 is 39.1 Å². The minimum Gasteiger partial charge on any atom is -0.352 e. The summed E-state index contributed by atoms with van der Waals surface area (Å²) >= 11 is 6.11. The summed E-state index contributed by atoms with van der Waals surface area (Å²) in [4.78, 5) is 29.2. The summed E-state index contributed by atoms with van der Waals surface area (Å²) in [5.41, 5.74) is 4.18. The average molecular weight is 612 g/mol. The van der Waals surface area contributed by atoms with E-state index in [9.17, 15) is 18.0 Å². The largest absolute Gasteiger partial charge is 0.352 e. The summed E-state index contributed by atoms with van der Waals surface area (Å²) < 4.78 is 26.9. The van der Waals surface area contributed by atoms with E-state index >= 15 is 0 Å². The van der Waals surface area contributed by atoms with Crippen LogP contribution in [0.4, 0.5) is 5.69 Å². The minimum atomic E-state index is -3.58. The molecule has 0 saturated heterocycles. The molecule has 0 aliphatic carbocycles. The molecule has 0 radical (unpaired) electrons. The molecule has 0 heterocycles. The molecule has 3 aromatic rings. The van der Waals surface area contributed by atoms with E-state index in [4.69, 9.17) is 11.6 Å². The van der Waals surface area contributed by atoms with E-state index in [0.717, 1.165) is 28.7 Å². The maximum atomic E-state index is 13.9. The summed E-state index contributed by atoms with van der Waals surface area (Å²) in [6.07, 6.45) is 2.65. The number of aryl methyl sites for hydroxylation is 2. The second-order valence-corrected chi connectivity index (χ2v) is 13.2. The number of sulfonamides is 1. The predicted octanol–water partition coefficient (Wildman–Crippen LogP) is 6.06. The minimum absolute atomic E-state index is 0.0517. The average Bonchev–Trinajstić information content (AvgIpc) is 2.95. The number of halogens is 1. The van der Waals surface area contributed by atoms with Gasteiger partial charge in [-0.15, -0.1) is 0 Å². The van der Waals surface area contributed by atoms with Crippen LogP contribution in [0.5, 0.6) is 0 Å². The van der Waals surface area contributed by atoms with E-state index < -0.39 is 16.1 Å². The lowest BCUT2D eigenvalue weighted by molar-refractivity contribution is -0.141. The van der Waals surface area contributed by atoms with Crippen LogP contribution in [0.25, 0.3) is 0 Å². The smallest absolute Gasteiger partial charge is 0.243 e. The number of carbonyl (C=O) groups is 2. The highest BCUT2D eigenvalue weighted by molar-refractivity contribution is 7.92. The third-order valence-corrected chi connectivity index (χ3v) is 8.76. The number of hydrogen-bond donors (Lipinski definition) is 1. The predicted molar refractivity (Wildman–Crippen MR) is 171 cm³/mol. The lowest BCUT2D eigenvalue weighted by Crippen LogP contribution is -2.52. The Morgan fingerprint density at radius 3 is 2.24 bits per heavy atom. The summed E-state index contributed by atoms with van der Waals surface area (Å²) in [5, 5.41) is 3.65. The van der Waals surface area contributed by atoms with Crippen molar-refractivity contribution in [2.45, 2.75) is 72.0 Å². The number of rotatable bonds is 14. The second kappa shape index (κ2) is 15.2. The molecule has 0 aliphatic rings. The van der Waals surface area contributed by atoms with Gasteiger partial charge in [0.25, 0.3) is 0 Å². The van der Waals surface area contributed by atoms with Crippen molar-refractivity contribution < 1.29 is 18.0 Å². The molecule has 0 aliphatic heterocycles. The second-order valence-electron chi connectivity index (χ2n) is 10.9. The highest BCUT2D eigenvalue weighted by Crippen LogP contribution is 2.25. The van der Waals surface area contributed by atoms with Crippen molar-refractivity contribution in [3.05, 3.63) is 100 Å². The molecule has 0 aromatic heterocycles. The molecule has 2 amide bonds. The zero-order chi connectivity index (χ0) is 30.9. The Hall–Kier alpha value is -3.36. The van der Waals surface area contributed by atoms with Gasteiger partial charge >= 0.3 is 0 Å². The van der Waals surface area contributed by atoms with E-state index in [1.165, 1.54) is 10.6 Å². The topological polar surface area (TPSA) is 86.8 Å². The fourth-order valence-electron chi connectivity index (χ4n) is 4.75. The monoisotopic (exact) mass is 611 g/mol. The van der Waals surface area contributed by atoms with Crippen molar-refractivity contribution in [1.82, 2.24) is 10.2 Å². The van der Waals surface area contributed by atoms with Gasteiger partial charge in [0.2, 0.25) is 21.8 Å². The van der Waals surface area contributed by atoms with Crippen molar-refractivity contribution in [3.8, 4) is 0 Å². The van der Waals surface area contributed by atoms with Crippen LogP contribution in [-0.2, 0) is 32.6 Å². The van der Waals surface area contributed by atoms with Gasteiger partial charge in [0.1, 0.15) is 6.04 Å². The number of hydrogen-bond acceptors (Lipinski definition) is 4. The molecule has 0 fully saturated rings. The molecule has 7 nitrogen and oxygen atoms in total.